The first kappa shape index (κ1) is 23.7. The number of carbonyl (C=O) groups is 3. The molecule has 192 valence electrons. The minimum atomic E-state index is -0.600. The van der Waals surface area contributed by atoms with Gasteiger partial charge in [0, 0.05) is 32.1 Å². The molecule has 6 rings (SSSR count). The quantitative estimate of drug-likeness (QED) is 0.490. The zero-order valence-corrected chi connectivity index (χ0v) is 21.1. The summed E-state index contributed by atoms with van der Waals surface area (Å²) < 4.78 is 0. The predicted molar refractivity (Wildman–Crippen MR) is 137 cm³/mol. The van der Waals surface area contributed by atoms with Gasteiger partial charge in [-0.15, -0.1) is 0 Å². The lowest BCUT2D eigenvalue weighted by Gasteiger charge is -2.54. The van der Waals surface area contributed by atoms with Crippen LogP contribution in [-0.2, 0) is 16.0 Å². The van der Waals surface area contributed by atoms with Crippen molar-refractivity contribution in [1.82, 2.24) is 20.0 Å². The van der Waals surface area contributed by atoms with Crippen molar-refractivity contribution in [3.05, 3.63) is 47.5 Å². The number of rotatable bonds is 6. The molecule has 4 aliphatic heterocycles. The number of nitrogens with zero attached hydrogens (tertiary/aromatic N) is 3. The molecule has 4 heterocycles. The summed E-state index contributed by atoms with van der Waals surface area (Å²) in [4.78, 5) is 45.0. The maximum Gasteiger partial charge on any atom is 0.324 e. The lowest BCUT2D eigenvalue weighted by Crippen LogP contribution is -2.60. The zero-order chi connectivity index (χ0) is 24.6. The summed E-state index contributed by atoms with van der Waals surface area (Å²) in [6.45, 7) is 3.48. The number of hydrogen-bond acceptors (Lipinski definition) is 4. The summed E-state index contributed by atoms with van der Waals surface area (Å²) in [6, 6.07) is 9.86. The number of amides is 4. The Labute approximate surface area is 213 Å². The highest BCUT2D eigenvalue weighted by Crippen LogP contribution is 2.45. The summed E-state index contributed by atoms with van der Waals surface area (Å²) in [5.41, 5.74) is 2.58. The number of urea groups is 1. The third kappa shape index (κ3) is 4.47. The van der Waals surface area contributed by atoms with Crippen LogP contribution in [0.4, 0.5) is 4.79 Å². The number of nitrogens with one attached hydrogen (secondary N) is 1. The molecule has 0 saturated carbocycles. The Morgan fingerprint density at radius 1 is 1.06 bits per heavy atom. The van der Waals surface area contributed by atoms with Crippen molar-refractivity contribution in [3.63, 3.8) is 0 Å². The lowest BCUT2D eigenvalue weighted by atomic mass is 9.68. The summed E-state index contributed by atoms with van der Waals surface area (Å²) >= 11 is 0. The molecule has 1 aromatic carbocycles. The molecule has 0 aromatic heterocycles. The molecular weight excluding hydrogens is 452 g/mol. The number of hydrogen-bond donors (Lipinski definition) is 1. The van der Waals surface area contributed by atoms with Crippen molar-refractivity contribution in [2.45, 2.75) is 75.9 Å². The van der Waals surface area contributed by atoms with Crippen LogP contribution in [0.2, 0.25) is 0 Å². The average molecular weight is 491 g/mol. The molecule has 5 aliphatic rings. The molecule has 0 spiro atoms. The van der Waals surface area contributed by atoms with Gasteiger partial charge in [-0.1, -0.05) is 48.4 Å². The van der Waals surface area contributed by atoms with Crippen LogP contribution in [-0.4, -0.2) is 76.8 Å². The van der Waals surface area contributed by atoms with Crippen LogP contribution in [0.15, 0.2) is 42.0 Å². The van der Waals surface area contributed by atoms with Crippen LogP contribution in [0.25, 0.3) is 0 Å². The van der Waals surface area contributed by atoms with Crippen molar-refractivity contribution < 1.29 is 14.4 Å². The van der Waals surface area contributed by atoms with E-state index in [1.165, 1.54) is 42.7 Å². The normalized spacial score (nSPS) is 32.0. The Morgan fingerprint density at radius 3 is 2.78 bits per heavy atom. The van der Waals surface area contributed by atoms with Crippen LogP contribution < -0.4 is 5.32 Å². The standard InChI is InChI=1S/C29H38N4O3/c34-26(12-11-24-28(35)33(29(36)30-24)16-13-20-7-2-1-3-8-20)32-15-6-9-21-17-22-18-23(27(21)32)19-31-14-5-4-10-25(22)31/h1-3,7-8,17,22-25,27H,4-6,9-16,18-19H2,(H,30,36)/t22?,23?,24-,25?,27?/m0/s1. The van der Waals surface area contributed by atoms with Gasteiger partial charge in [0.25, 0.3) is 5.91 Å². The van der Waals surface area contributed by atoms with Gasteiger partial charge in [-0.25, -0.2) is 4.79 Å². The molecule has 5 atom stereocenters. The van der Waals surface area contributed by atoms with Crippen molar-refractivity contribution in [2.24, 2.45) is 11.8 Å². The van der Waals surface area contributed by atoms with Gasteiger partial charge < -0.3 is 10.2 Å². The van der Waals surface area contributed by atoms with Gasteiger partial charge in [0.05, 0.1) is 6.04 Å². The molecule has 36 heavy (non-hydrogen) atoms. The Hall–Kier alpha value is -2.67. The van der Waals surface area contributed by atoms with E-state index >= 15 is 0 Å². The van der Waals surface area contributed by atoms with Gasteiger partial charge >= 0.3 is 6.03 Å². The number of carbonyl (C=O) groups excluding carboxylic acids is 3. The van der Waals surface area contributed by atoms with Gasteiger partial charge in [-0.2, -0.15) is 0 Å². The fourth-order valence-electron chi connectivity index (χ4n) is 7.53. The molecule has 4 saturated heterocycles. The number of likely N-dealkylation sites (tertiary alicyclic amines) is 1. The summed E-state index contributed by atoms with van der Waals surface area (Å²) in [5, 5.41) is 2.82. The molecule has 1 aliphatic carbocycles. The van der Waals surface area contributed by atoms with Gasteiger partial charge in [0.1, 0.15) is 6.04 Å². The minimum absolute atomic E-state index is 0.134. The highest BCUT2D eigenvalue weighted by molar-refractivity contribution is 6.04. The third-order valence-corrected chi connectivity index (χ3v) is 9.20. The third-order valence-electron chi connectivity index (χ3n) is 9.20. The Kier molecular flexibility index (Phi) is 6.59. The average Bonchev–Trinajstić information content (AvgIpc) is 3.18. The van der Waals surface area contributed by atoms with Crippen LogP contribution in [0, 0.1) is 11.8 Å². The van der Waals surface area contributed by atoms with Gasteiger partial charge in [0.15, 0.2) is 0 Å². The number of piperidine rings is 3. The lowest BCUT2D eigenvalue weighted by molar-refractivity contribution is -0.136. The molecule has 1 aromatic rings. The second-order valence-electron chi connectivity index (χ2n) is 11.4. The Balaban J connectivity index is 1.07. The molecule has 4 amide bonds. The van der Waals surface area contributed by atoms with E-state index in [9.17, 15) is 14.4 Å². The SMILES string of the molecule is O=C1N[C@@H](CCC(=O)N2CCCC3=CC4CC(CN5CCCCC45)C32)C(=O)N1CCc1ccccc1. The fraction of sp³-hybridized carbons (Fsp3) is 0.621. The van der Waals surface area contributed by atoms with E-state index in [1.807, 2.05) is 30.3 Å². The second-order valence-corrected chi connectivity index (χ2v) is 11.4. The van der Waals surface area contributed by atoms with Crippen molar-refractivity contribution >= 4 is 17.8 Å². The highest BCUT2D eigenvalue weighted by Gasteiger charge is 2.47. The molecule has 0 radical (unpaired) electrons. The highest BCUT2D eigenvalue weighted by atomic mass is 16.2. The first-order chi connectivity index (χ1) is 17.6. The fourth-order valence-corrected chi connectivity index (χ4v) is 7.53. The van der Waals surface area contributed by atoms with Crippen LogP contribution in [0.5, 0.6) is 0 Å². The molecule has 4 fully saturated rings. The van der Waals surface area contributed by atoms with Crippen molar-refractivity contribution in [1.29, 1.82) is 0 Å². The molecular formula is C29H38N4O3. The first-order valence-corrected chi connectivity index (χ1v) is 14.0. The van der Waals surface area contributed by atoms with Crippen LogP contribution in [0.1, 0.15) is 56.9 Å². The number of benzene rings is 1. The summed E-state index contributed by atoms with van der Waals surface area (Å²) in [6.07, 6.45) is 11.1. The molecule has 7 nitrogen and oxygen atoms in total. The zero-order valence-electron chi connectivity index (χ0n) is 21.1. The van der Waals surface area contributed by atoms with E-state index < -0.39 is 6.04 Å². The van der Waals surface area contributed by atoms with Gasteiger partial charge in [0.2, 0.25) is 5.91 Å². The van der Waals surface area contributed by atoms with Crippen molar-refractivity contribution in [2.75, 3.05) is 26.2 Å². The monoisotopic (exact) mass is 490 g/mol. The van der Waals surface area contributed by atoms with E-state index in [2.05, 4.69) is 21.2 Å². The summed E-state index contributed by atoms with van der Waals surface area (Å²) in [5.74, 6) is 1.11. The van der Waals surface area contributed by atoms with Crippen molar-refractivity contribution in [3.8, 4) is 0 Å². The predicted octanol–water partition coefficient (Wildman–Crippen LogP) is 3.35. The van der Waals surface area contributed by atoms with E-state index in [1.54, 1.807) is 0 Å². The summed E-state index contributed by atoms with van der Waals surface area (Å²) in [7, 11) is 0. The molecule has 7 heteroatoms. The topological polar surface area (TPSA) is 73.0 Å². The van der Waals surface area contributed by atoms with E-state index in [-0.39, 0.29) is 23.9 Å². The van der Waals surface area contributed by atoms with Gasteiger partial charge in [-0.05, 0) is 68.9 Å². The van der Waals surface area contributed by atoms with Crippen LogP contribution in [0.3, 0.4) is 0 Å². The van der Waals surface area contributed by atoms with Crippen LogP contribution >= 0.6 is 0 Å². The minimum Gasteiger partial charge on any atom is -0.336 e. The molecule has 4 unspecified atom stereocenters. The Bertz CT molecular complexity index is 1040. The smallest absolute Gasteiger partial charge is 0.324 e. The number of fused-ring (bicyclic) bond motifs is 6. The maximum absolute atomic E-state index is 13.5. The largest absolute Gasteiger partial charge is 0.336 e. The molecule has 1 N–H and O–H groups in total. The van der Waals surface area contributed by atoms with Gasteiger partial charge in [-0.3, -0.25) is 19.4 Å². The second kappa shape index (κ2) is 10.0. The Morgan fingerprint density at radius 2 is 1.92 bits per heavy atom. The van der Waals surface area contributed by atoms with E-state index in [4.69, 9.17) is 0 Å². The van der Waals surface area contributed by atoms with E-state index in [0.717, 1.165) is 31.5 Å². The maximum atomic E-state index is 13.5. The first-order valence-electron chi connectivity index (χ1n) is 14.0. The van der Waals surface area contributed by atoms with E-state index in [0.29, 0.717) is 43.7 Å². The number of imide groups is 1. The molecule has 2 bridgehead atoms.